The van der Waals surface area contributed by atoms with E-state index in [9.17, 15) is 14.4 Å². The summed E-state index contributed by atoms with van der Waals surface area (Å²) >= 11 is 0. The van der Waals surface area contributed by atoms with Crippen LogP contribution in [-0.2, 0) is 4.79 Å². The molecule has 0 bridgehead atoms. The summed E-state index contributed by atoms with van der Waals surface area (Å²) in [7, 11) is 3.01. The number of carbonyl (C=O) groups excluding carboxylic acids is 3. The Hall–Kier alpha value is -3.01. The first kappa shape index (κ1) is 24.6. The number of methoxy groups -OCH3 is 2. The molecule has 0 aromatic heterocycles. The summed E-state index contributed by atoms with van der Waals surface area (Å²) in [5.74, 6) is 0.198. The lowest BCUT2D eigenvalue weighted by atomic mass is 9.96. The minimum atomic E-state index is -0.448. The fourth-order valence-corrected chi connectivity index (χ4v) is 4.31. The van der Waals surface area contributed by atoms with Crippen molar-refractivity contribution in [2.75, 3.05) is 33.9 Å². The van der Waals surface area contributed by atoms with E-state index in [4.69, 9.17) is 9.47 Å². The lowest BCUT2D eigenvalue weighted by molar-refractivity contribution is -0.123. The quantitative estimate of drug-likeness (QED) is 0.458. The topological polar surface area (TPSA) is 121 Å². The highest BCUT2D eigenvalue weighted by Gasteiger charge is 2.23. The van der Waals surface area contributed by atoms with E-state index in [1.807, 2.05) is 4.90 Å². The van der Waals surface area contributed by atoms with Crippen molar-refractivity contribution in [1.82, 2.24) is 26.4 Å². The van der Waals surface area contributed by atoms with Crippen LogP contribution in [0.25, 0.3) is 0 Å². The van der Waals surface area contributed by atoms with Gasteiger partial charge in [0.1, 0.15) is 0 Å². The Labute approximate surface area is 194 Å². The molecule has 1 aliphatic carbocycles. The van der Waals surface area contributed by atoms with Crippen LogP contribution in [-0.4, -0.2) is 68.7 Å². The summed E-state index contributed by atoms with van der Waals surface area (Å²) in [5, 5.41) is 6.14. The molecule has 10 nitrogen and oxygen atoms in total. The summed E-state index contributed by atoms with van der Waals surface area (Å²) in [5.41, 5.74) is 5.21. The van der Waals surface area contributed by atoms with Crippen LogP contribution in [0.15, 0.2) is 18.2 Å². The highest BCUT2D eigenvalue weighted by atomic mass is 16.5. The zero-order valence-electron chi connectivity index (χ0n) is 19.4. The van der Waals surface area contributed by atoms with E-state index in [0.29, 0.717) is 30.2 Å². The smallest absolute Gasteiger partial charge is 0.315 e. The normalized spacial score (nSPS) is 17.6. The summed E-state index contributed by atoms with van der Waals surface area (Å²) < 4.78 is 10.4. The molecule has 10 heteroatoms. The first-order valence-corrected chi connectivity index (χ1v) is 11.6. The van der Waals surface area contributed by atoms with Gasteiger partial charge in [0, 0.05) is 30.7 Å². The van der Waals surface area contributed by atoms with Crippen molar-refractivity contribution >= 4 is 17.8 Å². The minimum Gasteiger partial charge on any atom is -0.493 e. The SMILES string of the molecule is COc1ccc(C(=O)NNC(=O)CN2CCC(NC(=O)NC3CCCCC3)CC2)cc1OC. The Morgan fingerprint density at radius 1 is 0.879 bits per heavy atom. The molecular weight excluding hydrogens is 426 g/mol. The van der Waals surface area contributed by atoms with Gasteiger partial charge < -0.3 is 20.1 Å². The Morgan fingerprint density at radius 2 is 1.52 bits per heavy atom. The molecule has 4 amide bonds. The van der Waals surface area contributed by atoms with Crippen molar-refractivity contribution in [3.8, 4) is 11.5 Å². The van der Waals surface area contributed by atoms with E-state index < -0.39 is 5.91 Å². The third-order valence-electron chi connectivity index (χ3n) is 6.19. The zero-order chi connectivity index (χ0) is 23.6. The molecule has 0 unspecified atom stereocenters. The van der Waals surface area contributed by atoms with Crippen molar-refractivity contribution in [1.29, 1.82) is 0 Å². The monoisotopic (exact) mass is 461 g/mol. The van der Waals surface area contributed by atoms with E-state index in [0.717, 1.165) is 25.7 Å². The van der Waals surface area contributed by atoms with Crippen LogP contribution in [0.3, 0.4) is 0 Å². The van der Waals surface area contributed by atoms with Gasteiger partial charge in [0.25, 0.3) is 11.8 Å². The third kappa shape index (κ3) is 7.52. The van der Waals surface area contributed by atoms with Gasteiger partial charge in [0.2, 0.25) is 0 Å². The summed E-state index contributed by atoms with van der Waals surface area (Å²) in [6.07, 6.45) is 7.30. The zero-order valence-corrected chi connectivity index (χ0v) is 19.4. The fourth-order valence-electron chi connectivity index (χ4n) is 4.31. The van der Waals surface area contributed by atoms with Gasteiger partial charge in [-0.2, -0.15) is 0 Å². The van der Waals surface area contributed by atoms with Gasteiger partial charge in [0.05, 0.1) is 20.8 Å². The lowest BCUT2D eigenvalue weighted by Crippen LogP contribution is -2.52. The maximum absolute atomic E-state index is 12.3. The molecule has 3 rings (SSSR count). The van der Waals surface area contributed by atoms with Crippen molar-refractivity contribution in [2.24, 2.45) is 0 Å². The number of nitrogens with zero attached hydrogens (tertiary/aromatic N) is 1. The van der Waals surface area contributed by atoms with Crippen molar-refractivity contribution in [2.45, 2.75) is 57.0 Å². The number of benzene rings is 1. The van der Waals surface area contributed by atoms with E-state index in [-0.39, 0.29) is 30.6 Å². The fraction of sp³-hybridized carbons (Fsp3) is 0.609. The molecule has 1 aliphatic heterocycles. The second kappa shape index (κ2) is 12.3. The average molecular weight is 462 g/mol. The maximum atomic E-state index is 12.3. The first-order valence-electron chi connectivity index (χ1n) is 11.6. The van der Waals surface area contributed by atoms with Crippen LogP contribution in [0.4, 0.5) is 4.79 Å². The van der Waals surface area contributed by atoms with Crippen LogP contribution < -0.4 is 31.0 Å². The van der Waals surface area contributed by atoms with Crippen LogP contribution in [0.5, 0.6) is 11.5 Å². The minimum absolute atomic E-state index is 0.0871. The van der Waals surface area contributed by atoms with Gasteiger partial charge in [-0.15, -0.1) is 0 Å². The summed E-state index contributed by atoms with van der Waals surface area (Å²) in [6.45, 7) is 1.57. The molecule has 1 aromatic carbocycles. The molecule has 1 saturated heterocycles. The highest BCUT2D eigenvalue weighted by molar-refractivity contribution is 5.96. The average Bonchev–Trinajstić information content (AvgIpc) is 2.83. The largest absolute Gasteiger partial charge is 0.493 e. The van der Waals surface area contributed by atoms with Gasteiger partial charge in [0.15, 0.2) is 11.5 Å². The van der Waals surface area contributed by atoms with E-state index in [2.05, 4.69) is 21.5 Å². The molecule has 1 heterocycles. The molecule has 2 fully saturated rings. The first-order chi connectivity index (χ1) is 16.0. The van der Waals surface area contributed by atoms with Gasteiger partial charge in [-0.25, -0.2) is 4.79 Å². The Kier molecular flexibility index (Phi) is 9.17. The molecule has 182 valence electrons. The number of likely N-dealkylation sites (tertiary alicyclic amines) is 1. The molecule has 1 aromatic rings. The summed E-state index contributed by atoms with van der Waals surface area (Å²) in [6, 6.07) is 5.07. The van der Waals surface area contributed by atoms with Crippen molar-refractivity contribution in [3.05, 3.63) is 23.8 Å². The number of hydrazine groups is 1. The van der Waals surface area contributed by atoms with E-state index in [1.54, 1.807) is 18.2 Å². The maximum Gasteiger partial charge on any atom is 0.315 e. The number of hydrogen-bond donors (Lipinski definition) is 4. The molecule has 0 atom stereocenters. The van der Waals surface area contributed by atoms with Crippen LogP contribution in [0.2, 0.25) is 0 Å². The molecule has 1 saturated carbocycles. The number of amides is 4. The highest BCUT2D eigenvalue weighted by Crippen LogP contribution is 2.27. The predicted molar refractivity (Wildman–Crippen MR) is 123 cm³/mol. The standard InChI is InChI=1S/C23H35N5O5/c1-32-19-9-8-16(14-20(19)33-2)22(30)27-26-21(29)15-28-12-10-18(11-13-28)25-23(31)24-17-6-4-3-5-7-17/h8-9,14,17-18H,3-7,10-13,15H2,1-2H3,(H,26,29)(H,27,30)(H2,24,25,31). The lowest BCUT2D eigenvalue weighted by Gasteiger charge is -2.32. The van der Waals surface area contributed by atoms with Crippen LogP contribution in [0, 0.1) is 0 Å². The van der Waals surface area contributed by atoms with Crippen LogP contribution >= 0.6 is 0 Å². The molecule has 33 heavy (non-hydrogen) atoms. The summed E-state index contributed by atoms with van der Waals surface area (Å²) in [4.78, 5) is 38.8. The number of hydrogen-bond acceptors (Lipinski definition) is 6. The van der Waals surface area contributed by atoms with Crippen molar-refractivity contribution in [3.63, 3.8) is 0 Å². The van der Waals surface area contributed by atoms with Crippen LogP contribution in [0.1, 0.15) is 55.3 Å². The Bertz CT molecular complexity index is 819. The number of ether oxygens (including phenoxy) is 2. The number of piperidine rings is 1. The molecule has 0 spiro atoms. The Morgan fingerprint density at radius 3 is 2.15 bits per heavy atom. The van der Waals surface area contributed by atoms with Gasteiger partial charge in [-0.1, -0.05) is 19.3 Å². The predicted octanol–water partition coefficient (Wildman–Crippen LogP) is 1.56. The van der Waals surface area contributed by atoms with E-state index in [1.165, 1.54) is 33.5 Å². The molecular formula is C23H35N5O5. The molecule has 2 aliphatic rings. The second-order valence-electron chi connectivity index (χ2n) is 8.58. The van der Waals surface area contributed by atoms with Crippen molar-refractivity contribution < 1.29 is 23.9 Å². The van der Waals surface area contributed by atoms with Gasteiger partial charge in [-0.05, 0) is 43.9 Å². The van der Waals surface area contributed by atoms with Gasteiger partial charge in [-0.3, -0.25) is 25.3 Å². The van der Waals surface area contributed by atoms with E-state index >= 15 is 0 Å². The Balaban J connectivity index is 1.34. The number of nitrogens with one attached hydrogen (secondary N) is 4. The second-order valence-corrected chi connectivity index (χ2v) is 8.58. The molecule has 4 N–H and O–H groups in total. The third-order valence-corrected chi connectivity index (χ3v) is 6.19. The number of carbonyl (C=O) groups is 3. The number of rotatable bonds is 7. The molecule has 0 radical (unpaired) electrons. The van der Waals surface area contributed by atoms with Gasteiger partial charge >= 0.3 is 6.03 Å². The number of urea groups is 1.